The van der Waals surface area contributed by atoms with Crippen molar-refractivity contribution in [3.63, 3.8) is 0 Å². The van der Waals surface area contributed by atoms with Gasteiger partial charge in [0.1, 0.15) is 11.4 Å². The highest BCUT2D eigenvalue weighted by molar-refractivity contribution is 5.92. The van der Waals surface area contributed by atoms with Gasteiger partial charge in [-0.1, -0.05) is 18.2 Å². The topological polar surface area (TPSA) is 104 Å². The molecule has 0 aliphatic carbocycles. The Bertz CT molecular complexity index is 883. The molecule has 0 saturated carbocycles. The Morgan fingerprint density at radius 1 is 1.21 bits per heavy atom. The summed E-state index contributed by atoms with van der Waals surface area (Å²) in [6.45, 7) is 3.73. The van der Waals surface area contributed by atoms with Crippen LogP contribution in [0.1, 0.15) is 41.7 Å². The normalized spacial score (nSPS) is 14.4. The number of nitrogens with one attached hydrogen (secondary N) is 2. The van der Waals surface area contributed by atoms with Crippen LogP contribution in [-0.4, -0.2) is 52.6 Å². The Hall–Kier alpha value is -3.16. The van der Waals surface area contributed by atoms with Crippen molar-refractivity contribution in [3.8, 4) is 5.75 Å². The molecule has 0 spiro atoms. The van der Waals surface area contributed by atoms with E-state index in [4.69, 9.17) is 4.74 Å². The first-order valence-corrected chi connectivity index (χ1v) is 9.86. The summed E-state index contributed by atoms with van der Waals surface area (Å²) in [6, 6.07) is 10.5. The van der Waals surface area contributed by atoms with Crippen LogP contribution in [0.3, 0.4) is 0 Å². The lowest BCUT2D eigenvalue weighted by Crippen LogP contribution is -2.46. The van der Waals surface area contributed by atoms with E-state index in [0.717, 1.165) is 11.3 Å². The first-order valence-electron chi connectivity index (χ1n) is 9.86. The Balaban J connectivity index is 1.36. The van der Waals surface area contributed by atoms with E-state index in [1.165, 1.54) is 12.1 Å². The molecule has 2 amide bonds. The van der Waals surface area contributed by atoms with E-state index in [9.17, 15) is 14.4 Å². The van der Waals surface area contributed by atoms with Crippen molar-refractivity contribution in [2.24, 2.45) is 0 Å². The Kier molecular flexibility index (Phi) is 6.99. The average molecular weight is 398 g/mol. The van der Waals surface area contributed by atoms with Gasteiger partial charge in [0.25, 0.3) is 11.5 Å². The fourth-order valence-electron chi connectivity index (χ4n) is 3.29. The van der Waals surface area contributed by atoms with Crippen LogP contribution in [0.25, 0.3) is 0 Å². The molecule has 2 heterocycles. The maximum atomic E-state index is 12.4. The zero-order chi connectivity index (χ0) is 20.6. The summed E-state index contributed by atoms with van der Waals surface area (Å²) < 4.78 is 5.74. The van der Waals surface area contributed by atoms with Crippen LogP contribution >= 0.6 is 0 Å². The number of rotatable bonds is 7. The van der Waals surface area contributed by atoms with Crippen LogP contribution in [0.5, 0.6) is 5.75 Å². The first-order chi connectivity index (χ1) is 14.0. The fourth-order valence-corrected chi connectivity index (χ4v) is 3.29. The number of para-hydroxylation sites is 1. The second-order valence-corrected chi connectivity index (χ2v) is 7.15. The van der Waals surface area contributed by atoms with Gasteiger partial charge in [0.15, 0.2) is 0 Å². The van der Waals surface area contributed by atoms with E-state index in [2.05, 4.69) is 15.5 Å². The molecule has 2 N–H and O–H groups in total. The number of amides is 2. The minimum absolute atomic E-state index is 0.00957. The van der Waals surface area contributed by atoms with Crippen LogP contribution < -0.4 is 15.6 Å². The van der Waals surface area contributed by atoms with Crippen molar-refractivity contribution in [2.45, 2.75) is 38.6 Å². The highest BCUT2D eigenvalue weighted by Crippen LogP contribution is 2.17. The number of aromatic nitrogens is 2. The van der Waals surface area contributed by atoms with Gasteiger partial charge in [-0.3, -0.25) is 14.4 Å². The van der Waals surface area contributed by atoms with Crippen molar-refractivity contribution in [2.75, 3.05) is 19.7 Å². The van der Waals surface area contributed by atoms with E-state index in [1.54, 1.807) is 0 Å². The molecule has 3 rings (SSSR count). The van der Waals surface area contributed by atoms with Crippen molar-refractivity contribution in [3.05, 3.63) is 58.0 Å². The molecule has 0 unspecified atom stereocenters. The van der Waals surface area contributed by atoms with Crippen molar-refractivity contribution < 1.29 is 14.3 Å². The summed E-state index contributed by atoms with van der Waals surface area (Å²) in [7, 11) is 0. The van der Waals surface area contributed by atoms with Gasteiger partial charge < -0.3 is 15.0 Å². The Morgan fingerprint density at radius 3 is 2.66 bits per heavy atom. The van der Waals surface area contributed by atoms with Crippen molar-refractivity contribution >= 4 is 11.8 Å². The summed E-state index contributed by atoms with van der Waals surface area (Å²) in [6.07, 6.45) is 2.51. The molecule has 2 aromatic rings. The van der Waals surface area contributed by atoms with E-state index < -0.39 is 0 Å². The van der Waals surface area contributed by atoms with E-state index >= 15 is 0 Å². The van der Waals surface area contributed by atoms with Crippen LogP contribution in [0.2, 0.25) is 0 Å². The number of carbonyl (C=O) groups is 2. The molecule has 0 bridgehead atoms. The highest BCUT2D eigenvalue weighted by atomic mass is 16.5. The third-order valence-electron chi connectivity index (χ3n) is 4.98. The van der Waals surface area contributed by atoms with E-state index in [-0.39, 0.29) is 29.1 Å². The van der Waals surface area contributed by atoms with Gasteiger partial charge in [-0.2, -0.15) is 5.10 Å². The maximum Gasteiger partial charge on any atom is 0.271 e. The smallest absolute Gasteiger partial charge is 0.271 e. The third-order valence-corrected chi connectivity index (χ3v) is 4.98. The van der Waals surface area contributed by atoms with E-state index in [1.807, 2.05) is 36.1 Å². The van der Waals surface area contributed by atoms with Crippen molar-refractivity contribution in [1.82, 2.24) is 20.4 Å². The lowest BCUT2D eigenvalue weighted by molar-refractivity contribution is -0.132. The van der Waals surface area contributed by atoms with Gasteiger partial charge in [0.05, 0.1) is 6.61 Å². The molecular formula is C21H26N4O4. The van der Waals surface area contributed by atoms with Gasteiger partial charge in [-0.05, 0) is 43.9 Å². The number of H-pyrrole nitrogens is 1. The predicted molar refractivity (Wildman–Crippen MR) is 108 cm³/mol. The molecule has 1 saturated heterocycles. The monoisotopic (exact) mass is 398 g/mol. The Labute approximate surface area is 169 Å². The zero-order valence-corrected chi connectivity index (χ0v) is 16.5. The molecule has 0 atom stereocenters. The summed E-state index contributed by atoms with van der Waals surface area (Å²) in [5.74, 6) is 0.651. The van der Waals surface area contributed by atoms with Gasteiger partial charge in [0, 0.05) is 31.6 Å². The SMILES string of the molecule is Cc1ccccc1OCCCC(=O)N1CCC(NC(=O)c2ccc(=O)[nH]n2)CC1. The van der Waals surface area contributed by atoms with Crippen LogP contribution in [0.15, 0.2) is 41.2 Å². The second kappa shape index (κ2) is 9.86. The van der Waals surface area contributed by atoms with Crippen LogP contribution in [0.4, 0.5) is 0 Å². The fraction of sp³-hybridized carbons (Fsp3) is 0.429. The van der Waals surface area contributed by atoms with Crippen molar-refractivity contribution in [1.29, 1.82) is 0 Å². The number of nitrogens with zero attached hydrogens (tertiary/aromatic N) is 2. The number of benzene rings is 1. The quantitative estimate of drug-likeness (QED) is 0.690. The molecule has 1 aliphatic heterocycles. The minimum Gasteiger partial charge on any atom is -0.493 e. The zero-order valence-electron chi connectivity index (χ0n) is 16.5. The highest BCUT2D eigenvalue weighted by Gasteiger charge is 2.24. The van der Waals surface area contributed by atoms with Crippen LogP contribution in [0, 0.1) is 6.92 Å². The van der Waals surface area contributed by atoms with Gasteiger partial charge >= 0.3 is 0 Å². The predicted octanol–water partition coefficient (Wildman–Crippen LogP) is 1.66. The number of ether oxygens (including phenoxy) is 1. The number of hydrogen-bond acceptors (Lipinski definition) is 5. The van der Waals surface area contributed by atoms with Gasteiger partial charge in [0.2, 0.25) is 5.91 Å². The van der Waals surface area contributed by atoms with Gasteiger partial charge in [-0.25, -0.2) is 5.10 Å². The summed E-state index contributed by atoms with van der Waals surface area (Å²) >= 11 is 0. The first kappa shape index (κ1) is 20.6. The Morgan fingerprint density at radius 2 is 1.97 bits per heavy atom. The van der Waals surface area contributed by atoms with E-state index in [0.29, 0.717) is 45.4 Å². The maximum absolute atomic E-state index is 12.4. The molecule has 8 heteroatoms. The number of aromatic amines is 1. The van der Waals surface area contributed by atoms with Gasteiger partial charge in [-0.15, -0.1) is 0 Å². The molecule has 154 valence electrons. The minimum atomic E-state index is -0.349. The number of aryl methyl sites for hydroxylation is 1. The number of piperidine rings is 1. The summed E-state index contributed by atoms with van der Waals surface area (Å²) in [4.78, 5) is 37.4. The largest absolute Gasteiger partial charge is 0.493 e. The van der Waals surface area contributed by atoms with Crippen LogP contribution in [-0.2, 0) is 4.79 Å². The standard InChI is InChI=1S/C21H26N4O4/c1-15-5-2-3-6-18(15)29-14-4-7-20(27)25-12-10-16(11-13-25)22-21(28)17-8-9-19(26)24-23-17/h2-3,5-6,8-9,16H,4,7,10-14H2,1H3,(H,22,28)(H,24,26). The summed E-state index contributed by atoms with van der Waals surface area (Å²) in [5, 5.41) is 8.89. The molecule has 1 aliphatic rings. The average Bonchev–Trinajstić information content (AvgIpc) is 2.73. The lowest BCUT2D eigenvalue weighted by Gasteiger charge is -2.32. The third kappa shape index (κ3) is 5.91. The molecular weight excluding hydrogens is 372 g/mol. The molecule has 0 radical (unpaired) electrons. The second-order valence-electron chi connectivity index (χ2n) is 7.15. The summed E-state index contributed by atoms with van der Waals surface area (Å²) in [5.41, 5.74) is 0.912. The number of hydrogen-bond donors (Lipinski definition) is 2. The molecule has 1 fully saturated rings. The number of likely N-dealkylation sites (tertiary alicyclic amines) is 1. The molecule has 8 nitrogen and oxygen atoms in total. The number of carbonyl (C=O) groups excluding carboxylic acids is 2. The molecule has 29 heavy (non-hydrogen) atoms. The lowest BCUT2D eigenvalue weighted by atomic mass is 10.0. The molecule has 1 aromatic heterocycles. The molecule has 1 aromatic carbocycles.